The van der Waals surface area contributed by atoms with Crippen LogP contribution in [0.3, 0.4) is 0 Å². The molecule has 1 rings (SSSR count). The SMILES string of the molecule is CCCCCC(NC(=O)C(C)CCC(=O)NCCC)C(O)C(=O)NCc1ccccc1. The number of hydrogen-bond donors (Lipinski definition) is 4. The van der Waals surface area contributed by atoms with E-state index in [9.17, 15) is 19.5 Å². The Labute approximate surface area is 186 Å². The number of aliphatic hydroxyl groups excluding tert-OH is 1. The van der Waals surface area contributed by atoms with Gasteiger partial charge in [-0.3, -0.25) is 14.4 Å². The van der Waals surface area contributed by atoms with Crippen molar-refractivity contribution in [3.8, 4) is 0 Å². The lowest BCUT2D eigenvalue weighted by Crippen LogP contribution is -2.51. The molecule has 0 aliphatic rings. The Kier molecular flexibility index (Phi) is 13.2. The summed E-state index contributed by atoms with van der Waals surface area (Å²) in [6, 6.07) is 8.79. The molecule has 7 nitrogen and oxygen atoms in total. The molecule has 4 N–H and O–H groups in total. The maximum atomic E-state index is 12.6. The number of hydrogen-bond acceptors (Lipinski definition) is 4. The molecule has 7 heteroatoms. The van der Waals surface area contributed by atoms with E-state index in [2.05, 4.69) is 22.9 Å². The Hall–Kier alpha value is -2.41. The van der Waals surface area contributed by atoms with Crippen LogP contribution >= 0.6 is 0 Å². The van der Waals surface area contributed by atoms with E-state index in [4.69, 9.17) is 0 Å². The highest BCUT2D eigenvalue weighted by atomic mass is 16.3. The highest BCUT2D eigenvalue weighted by Crippen LogP contribution is 2.12. The number of rotatable bonds is 15. The molecule has 3 unspecified atom stereocenters. The average molecular weight is 434 g/mol. The minimum atomic E-state index is -1.33. The number of aliphatic hydroxyl groups is 1. The van der Waals surface area contributed by atoms with Gasteiger partial charge in [0.05, 0.1) is 6.04 Å². The van der Waals surface area contributed by atoms with Crippen LogP contribution < -0.4 is 16.0 Å². The van der Waals surface area contributed by atoms with Gasteiger partial charge in [0.25, 0.3) is 5.91 Å². The fraction of sp³-hybridized carbons (Fsp3) is 0.625. The van der Waals surface area contributed by atoms with Crippen LogP contribution in [0.4, 0.5) is 0 Å². The van der Waals surface area contributed by atoms with Crippen molar-refractivity contribution < 1.29 is 19.5 Å². The first-order chi connectivity index (χ1) is 14.9. The van der Waals surface area contributed by atoms with Crippen molar-refractivity contribution in [1.82, 2.24) is 16.0 Å². The molecule has 0 saturated carbocycles. The maximum Gasteiger partial charge on any atom is 0.251 e. The molecule has 31 heavy (non-hydrogen) atoms. The van der Waals surface area contributed by atoms with Crippen LogP contribution in [-0.4, -0.2) is 41.5 Å². The minimum Gasteiger partial charge on any atom is -0.381 e. The second kappa shape index (κ2) is 15.4. The Morgan fingerprint density at radius 3 is 2.29 bits per heavy atom. The average Bonchev–Trinajstić information content (AvgIpc) is 2.79. The third-order valence-corrected chi connectivity index (χ3v) is 5.23. The van der Waals surface area contributed by atoms with E-state index in [0.717, 1.165) is 31.2 Å². The normalized spacial score (nSPS) is 13.7. The number of amides is 3. The fourth-order valence-electron chi connectivity index (χ4n) is 3.15. The lowest BCUT2D eigenvalue weighted by Gasteiger charge is -2.25. The van der Waals surface area contributed by atoms with Crippen molar-refractivity contribution in [2.24, 2.45) is 5.92 Å². The lowest BCUT2D eigenvalue weighted by atomic mass is 9.99. The Morgan fingerprint density at radius 2 is 1.65 bits per heavy atom. The number of carbonyl (C=O) groups is 3. The lowest BCUT2D eigenvalue weighted by molar-refractivity contribution is -0.133. The summed E-state index contributed by atoms with van der Waals surface area (Å²) in [4.78, 5) is 36.9. The monoisotopic (exact) mass is 433 g/mol. The van der Waals surface area contributed by atoms with E-state index < -0.39 is 18.1 Å². The molecule has 0 aromatic heterocycles. The molecular weight excluding hydrogens is 394 g/mol. The summed E-state index contributed by atoms with van der Waals surface area (Å²) in [5, 5.41) is 19.0. The molecule has 0 bridgehead atoms. The van der Waals surface area contributed by atoms with Gasteiger partial charge in [-0.05, 0) is 24.8 Å². The van der Waals surface area contributed by atoms with Gasteiger partial charge in [0.15, 0.2) is 6.10 Å². The van der Waals surface area contributed by atoms with E-state index in [-0.39, 0.29) is 24.2 Å². The van der Waals surface area contributed by atoms with Gasteiger partial charge in [-0.1, -0.05) is 70.4 Å². The Balaban J connectivity index is 2.61. The van der Waals surface area contributed by atoms with Crippen LogP contribution in [0.5, 0.6) is 0 Å². The number of carbonyl (C=O) groups excluding carboxylic acids is 3. The molecule has 0 saturated heterocycles. The van der Waals surface area contributed by atoms with Crippen molar-refractivity contribution in [3.63, 3.8) is 0 Å². The van der Waals surface area contributed by atoms with Gasteiger partial charge in [0.2, 0.25) is 11.8 Å². The van der Waals surface area contributed by atoms with Crippen LogP contribution in [0.1, 0.15) is 71.3 Å². The van der Waals surface area contributed by atoms with Gasteiger partial charge in [-0.15, -0.1) is 0 Å². The molecule has 3 atom stereocenters. The summed E-state index contributed by atoms with van der Waals surface area (Å²) in [6.07, 6.45) is 3.50. The smallest absolute Gasteiger partial charge is 0.251 e. The third-order valence-electron chi connectivity index (χ3n) is 5.23. The Bertz CT molecular complexity index is 666. The quantitative estimate of drug-likeness (QED) is 0.319. The predicted molar refractivity (Wildman–Crippen MR) is 122 cm³/mol. The van der Waals surface area contributed by atoms with Crippen molar-refractivity contribution in [3.05, 3.63) is 35.9 Å². The first-order valence-corrected chi connectivity index (χ1v) is 11.5. The zero-order valence-corrected chi connectivity index (χ0v) is 19.2. The highest BCUT2D eigenvalue weighted by Gasteiger charge is 2.28. The summed E-state index contributed by atoms with van der Waals surface area (Å²) in [6.45, 7) is 6.75. The molecule has 1 aromatic rings. The first kappa shape index (κ1) is 26.6. The molecule has 174 valence electrons. The molecule has 1 aromatic carbocycles. The molecule has 0 fully saturated rings. The van der Waals surface area contributed by atoms with E-state index >= 15 is 0 Å². The number of nitrogens with one attached hydrogen (secondary N) is 3. The summed E-state index contributed by atoms with van der Waals surface area (Å²) in [5.41, 5.74) is 0.935. The second-order valence-electron chi connectivity index (χ2n) is 8.05. The van der Waals surface area contributed by atoms with Gasteiger partial charge < -0.3 is 21.1 Å². The van der Waals surface area contributed by atoms with Gasteiger partial charge in [0, 0.05) is 25.4 Å². The maximum absolute atomic E-state index is 12.6. The zero-order valence-electron chi connectivity index (χ0n) is 19.2. The molecular formula is C24H39N3O4. The van der Waals surface area contributed by atoms with Crippen LogP contribution in [0, 0.1) is 5.92 Å². The third kappa shape index (κ3) is 11.0. The first-order valence-electron chi connectivity index (χ1n) is 11.5. The van der Waals surface area contributed by atoms with Gasteiger partial charge in [-0.25, -0.2) is 0 Å². The van der Waals surface area contributed by atoms with Crippen LogP contribution in [-0.2, 0) is 20.9 Å². The molecule has 0 heterocycles. The van der Waals surface area contributed by atoms with Gasteiger partial charge in [-0.2, -0.15) is 0 Å². The minimum absolute atomic E-state index is 0.0682. The van der Waals surface area contributed by atoms with Crippen molar-refractivity contribution in [2.75, 3.05) is 6.54 Å². The summed E-state index contributed by atoms with van der Waals surface area (Å²) in [5.74, 6) is -1.21. The van der Waals surface area contributed by atoms with Crippen molar-refractivity contribution in [2.45, 2.75) is 84.4 Å². The van der Waals surface area contributed by atoms with Crippen molar-refractivity contribution in [1.29, 1.82) is 0 Å². The largest absolute Gasteiger partial charge is 0.381 e. The van der Waals surface area contributed by atoms with E-state index in [1.54, 1.807) is 6.92 Å². The highest BCUT2D eigenvalue weighted by molar-refractivity contribution is 5.84. The topological polar surface area (TPSA) is 108 Å². The van der Waals surface area contributed by atoms with E-state index in [1.807, 2.05) is 37.3 Å². The predicted octanol–water partition coefficient (Wildman–Crippen LogP) is 2.67. The molecule has 0 spiro atoms. The summed E-state index contributed by atoms with van der Waals surface area (Å²) >= 11 is 0. The zero-order chi connectivity index (χ0) is 23.1. The van der Waals surface area contributed by atoms with Gasteiger partial charge in [0.1, 0.15) is 0 Å². The standard InChI is InChI=1S/C24H39N3O4/c1-4-6-8-13-20(22(29)24(31)26-17-19-11-9-7-10-12-19)27-23(30)18(3)14-15-21(28)25-16-5-2/h7,9-12,18,20,22,29H,4-6,8,13-17H2,1-3H3,(H,25,28)(H,26,31)(H,27,30). The fourth-order valence-corrected chi connectivity index (χ4v) is 3.15. The van der Waals surface area contributed by atoms with E-state index in [1.165, 1.54) is 0 Å². The Morgan fingerprint density at radius 1 is 0.935 bits per heavy atom. The molecule has 0 aliphatic heterocycles. The van der Waals surface area contributed by atoms with Crippen LogP contribution in [0.2, 0.25) is 0 Å². The van der Waals surface area contributed by atoms with Gasteiger partial charge >= 0.3 is 0 Å². The summed E-state index contributed by atoms with van der Waals surface area (Å²) in [7, 11) is 0. The number of unbranched alkanes of at least 4 members (excludes halogenated alkanes) is 2. The summed E-state index contributed by atoms with van der Waals surface area (Å²) < 4.78 is 0. The van der Waals surface area contributed by atoms with Crippen LogP contribution in [0.15, 0.2) is 30.3 Å². The second-order valence-corrected chi connectivity index (χ2v) is 8.05. The molecule has 0 radical (unpaired) electrons. The molecule has 3 amide bonds. The van der Waals surface area contributed by atoms with Crippen molar-refractivity contribution >= 4 is 17.7 Å². The van der Waals surface area contributed by atoms with Crippen LogP contribution in [0.25, 0.3) is 0 Å². The van der Waals surface area contributed by atoms with E-state index in [0.29, 0.717) is 25.9 Å². The molecule has 0 aliphatic carbocycles. The number of benzene rings is 1.